The van der Waals surface area contributed by atoms with Crippen molar-refractivity contribution in [3.8, 4) is 0 Å². The van der Waals surface area contributed by atoms with Gasteiger partial charge in [0.1, 0.15) is 6.10 Å². The van der Waals surface area contributed by atoms with Gasteiger partial charge in [-0.2, -0.15) is 0 Å². The lowest BCUT2D eigenvalue weighted by Gasteiger charge is -2.12. The summed E-state index contributed by atoms with van der Waals surface area (Å²) in [7, 11) is 0. The molecular formula is C12H24O3. The molecule has 0 aliphatic rings. The van der Waals surface area contributed by atoms with Crippen molar-refractivity contribution in [2.24, 2.45) is 0 Å². The Hall–Kier alpha value is -0.730. The molecule has 0 radical (unpaired) electrons. The molecule has 0 saturated heterocycles. The van der Waals surface area contributed by atoms with Crippen LogP contribution in [-0.4, -0.2) is 18.9 Å². The van der Waals surface area contributed by atoms with Gasteiger partial charge in [0.05, 0.1) is 6.61 Å². The fraction of sp³-hybridized carbons (Fsp3) is 0.917. The van der Waals surface area contributed by atoms with Gasteiger partial charge in [-0.15, -0.1) is 0 Å². The maximum Gasteiger partial charge on any atom is 0.508 e. The second kappa shape index (κ2) is 9.81. The van der Waals surface area contributed by atoms with Crippen molar-refractivity contribution in [3.63, 3.8) is 0 Å². The molecule has 0 aromatic carbocycles. The Labute approximate surface area is 93.1 Å². The molecule has 0 spiro atoms. The highest BCUT2D eigenvalue weighted by Crippen LogP contribution is 2.08. The first-order chi connectivity index (χ1) is 7.20. The third-order valence-electron chi connectivity index (χ3n) is 2.19. The van der Waals surface area contributed by atoms with Crippen LogP contribution < -0.4 is 0 Å². The smallest absolute Gasteiger partial charge is 0.434 e. The highest BCUT2D eigenvalue weighted by Gasteiger charge is 2.09. The Bertz CT molecular complexity index is 157. The first kappa shape index (κ1) is 14.3. The predicted molar refractivity (Wildman–Crippen MR) is 60.9 cm³/mol. The fourth-order valence-electron chi connectivity index (χ4n) is 1.30. The lowest BCUT2D eigenvalue weighted by Crippen LogP contribution is -2.16. The van der Waals surface area contributed by atoms with E-state index in [0.29, 0.717) is 6.61 Å². The van der Waals surface area contributed by atoms with Crippen LogP contribution in [0.4, 0.5) is 4.79 Å². The van der Waals surface area contributed by atoms with E-state index in [1.807, 2.05) is 13.8 Å². The van der Waals surface area contributed by atoms with Crippen LogP contribution in [0.1, 0.15) is 59.3 Å². The van der Waals surface area contributed by atoms with Crippen molar-refractivity contribution < 1.29 is 14.3 Å². The molecule has 90 valence electrons. The van der Waals surface area contributed by atoms with Crippen LogP contribution in [0, 0.1) is 0 Å². The molecule has 15 heavy (non-hydrogen) atoms. The average molecular weight is 216 g/mol. The summed E-state index contributed by atoms with van der Waals surface area (Å²) >= 11 is 0. The Morgan fingerprint density at radius 1 is 1.13 bits per heavy atom. The van der Waals surface area contributed by atoms with E-state index < -0.39 is 6.16 Å². The molecule has 0 aliphatic heterocycles. The molecule has 0 aromatic heterocycles. The van der Waals surface area contributed by atoms with E-state index in [1.54, 1.807) is 0 Å². The number of carbonyl (C=O) groups excluding carboxylic acids is 1. The largest absolute Gasteiger partial charge is 0.508 e. The second-order valence-corrected chi connectivity index (χ2v) is 3.88. The Morgan fingerprint density at radius 2 is 1.87 bits per heavy atom. The van der Waals surface area contributed by atoms with Crippen molar-refractivity contribution in [3.05, 3.63) is 0 Å². The number of carbonyl (C=O) groups is 1. The molecule has 3 heteroatoms. The molecule has 0 amide bonds. The van der Waals surface area contributed by atoms with E-state index in [0.717, 1.165) is 19.3 Å². The Kier molecular flexibility index (Phi) is 9.33. The highest BCUT2D eigenvalue weighted by atomic mass is 16.7. The maximum atomic E-state index is 11.1. The summed E-state index contributed by atoms with van der Waals surface area (Å²) in [6.45, 7) is 6.50. The molecule has 3 nitrogen and oxygen atoms in total. The molecule has 0 aromatic rings. The standard InChI is InChI=1S/C12H24O3/c1-4-6-7-8-9-11(3)15-12(13)14-10-5-2/h11H,4-10H2,1-3H3. The minimum absolute atomic E-state index is 0.0220. The van der Waals surface area contributed by atoms with Crippen molar-refractivity contribution in [2.45, 2.75) is 65.4 Å². The van der Waals surface area contributed by atoms with Crippen molar-refractivity contribution in [1.82, 2.24) is 0 Å². The van der Waals surface area contributed by atoms with Crippen molar-refractivity contribution >= 4 is 6.16 Å². The molecule has 0 fully saturated rings. The average Bonchev–Trinajstić information content (AvgIpc) is 2.21. The second-order valence-electron chi connectivity index (χ2n) is 3.88. The van der Waals surface area contributed by atoms with Crippen molar-refractivity contribution in [2.75, 3.05) is 6.61 Å². The number of ether oxygens (including phenoxy) is 2. The van der Waals surface area contributed by atoms with Gasteiger partial charge in [0.25, 0.3) is 0 Å². The van der Waals surface area contributed by atoms with Gasteiger partial charge >= 0.3 is 6.16 Å². The topological polar surface area (TPSA) is 35.5 Å². The number of hydrogen-bond acceptors (Lipinski definition) is 3. The van der Waals surface area contributed by atoms with E-state index >= 15 is 0 Å². The van der Waals surface area contributed by atoms with Crippen LogP contribution in [-0.2, 0) is 9.47 Å². The fourth-order valence-corrected chi connectivity index (χ4v) is 1.30. The van der Waals surface area contributed by atoms with E-state index in [1.165, 1.54) is 19.3 Å². The van der Waals surface area contributed by atoms with Gasteiger partial charge < -0.3 is 9.47 Å². The summed E-state index contributed by atoms with van der Waals surface area (Å²) in [6.07, 6.45) is 6.04. The van der Waals surface area contributed by atoms with Gasteiger partial charge in [0, 0.05) is 0 Å². The summed E-state index contributed by atoms with van der Waals surface area (Å²) in [5.41, 5.74) is 0. The van der Waals surface area contributed by atoms with E-state index in [-0.39, 0.29) is 6.10 Å². The first-order valence-corrected chi connectivity index (χ1v) is 6.04. The van der Waals surface area contributed by atoms with Gasteiger partial charge in [0.2, 0.25) is 0 Å². The summed E-state index contributed by atoms with van der Waals surface area (Å²) in [5.74, 6) is 0. The Balaban J connectivity index is 3.38. The SMILES string of the molecule is CCCCCCC(C)OC(=O)OCCC. The van der Waals surface area contributed by atoms with E-state index in [9.17, 15) is 4.79 Å². The molecule has 1 unspecified atom stereocenters. The third-order valence-corrected chi connectivity index (χ3v) is 2.19. The zero-order valence-corrected chi connectivity index (χ0v) is 10.3. The lowest BCUT2D eigenvalue weighted by molar-refractivity contribution is 0.0261. The minimum atomic E-state index is -0.528. The number of rotatable bonds is 8. The van der Waals surface area contributed by atoms with Crippen LogP contribution in [0.15, 0.2) is 0 Å². The zero-order valence-electron chi connectivity index (χ0n) is 10.3. The zero-order chi connectivity index (χ0) is 11.5. The van der Waals surface area contributed by atoms with E-state index in [2.05, 4.69) is 6.92 Å². The highest BCUT2D eigenvalue weighted by molar-refractivity contribution is 5.59. The van der Waals surface area contributed by atoms with Gasteiger partial charge in [0.15, 0.2) is 0 Å². The molecule has 0 bridgehead atoms. The minimum Gasteiger partial charge on any atom is -0.434 e. The van der Waals surface area contributed by atoms with Crippen molar-refractivity contribution in [1.29, 1.82) is 0 Å². The third kappa shape index (κ3) is 9.57. The Morgan fingerprint density at radius 3 is 2.47 bits per heavy atom. The van der Waals surface area contributed by atoms with Crippen LogP contribution >= 0.6 is 0 Å². The van der Waals surface area contributed by atoms with Gasteiger partial charge in [-0.05, 0) is 26.2 Å². The summed E-state index contributed by atoms with van der Waals surface area (Å²) in [4.78, 5) is 11.1. The molecule has 1 atom stereocenters. The summed E-state index contributed by atoms with van der Waals surface area (Å²) in [5, 5.41) is 0. The molecule has 0 heterocycles. The van der Waals surface area contributed by atoms with E-state index in [4.69, 9.17) is 9.47 Å². The van der Waals surface area contributed by atoms with Gasteiger partial charge in [-0.25, -0.2) is 4.79 Å². The van der Waals surface area contributed by atoms with Gasteiger partial charge in [-0.3, -0.25) is 0 Å². The molecular weight excluding hydrogens is 192 g/mol. The van der Waals surface area contributed by atoms with Gasteiger partial charge in [-0.1, -0.05) is 33.1 Å². The predicted octanol–water partition coefficient (Wildman–Crippen LogP) is 3.91. The quantitative estimate of drug-likeness (QED) is 0.456. The molecule has 0 rings (SSSR count). The maximum absolute atomic E-state index is 11.1. The summed E-state index contributed by atoms with van der Waals surface area (Å²) in [6, 6.07) is 0. The molecule has 0 saturated carbocycles. The normalized spacial score (nSPS) is 12.2. The number of unbranched alkanes of at least 4 members (excludes halogenated alkanes) is 3. The summed E-state index contributed by atoms with van der Waals surface area (Å²) < 4.78 is 9.90. The van der Waals surface area contributed by atoms with Crippen LogP contribution in [0.3, 0.4) is 0 Å². The molecule has 0 aliphatic carbocycles. The van der Waals surface area contributed by atoms with Crippen LogP contribution in [0.2, 0.25) is 0 Å². The molecule has 0 N–H and O–H groups in total. The monoisotopic (exact) mass is 216 g/mol. The number of hydrogen-bond donors (Lipinski definition) is 0. The first-order valence-electron chi connectivity index (χ1n) is 6.04. The van der Waals surface area contributed by atoms with Crippen LogP contribution in [0.25, 0.3) is 0 Å². The lowest BCUT2D eigenvalue weighted by atomic mass is 10.1. The van der Waals surface area contributed by atoms with Crippen LogP contribution in [0.5, 0.6) is 0 Å².